The lowest BCUT2D eigenvalue weighted by molar-refractivity contribution is -0.139. The SMILES string of the molecule is COc1cc(/C=N\NC(=O)C(=O)NC[C@@H]2CCCO2)ccc1OCC(=O)Nc1cccc(C)c1. The Morgan fingerprint density at radius 2 is 2.00 bits per heavy atom. The van der Waals surface area contributed by atoms with Gasteiger partial charge in [0.05, 0.1) is 19.4 Å². The van der Waals surface area contributed by atoms with E-state index in [9.17, 15) is 14.4 Å². The summed E-state index contributed by atoms with van der Waals surface area (Å²) >= 11 is 0. The van der Waals surface area contributed by atoms with E-state index in [-0.39, 0.29) is 25.2 Å². The number of hydrogen-bond acceptors (Lipinski definition) is 7. The lowest BCUT2D eigenvalue weighted by atomic mass is 10.2. The van der Waals surface area contributed by atoms with Crippen LogP contribution in [0, 0.1) is 6.92 Å². The van der Waals surface area contributed by atoms with Crippen molar-refractivity contribution in [2.24, 2.45) is 5.10 Å². The van der Waals surface area contributed by atoms with Crippen LogP contribution in [0.25, 0.3) is 0 Å². The molecule has 1 heterocycles. The number of ether oxygens (including phenoxy) is 3. The van der Waals surface area contributed by atoms with E-state index in [2.05, 4.69) is 21.2 Å². The Bertz CT molecular complexity index is 1050. The van der Waals surface area contributed by atoms with Crippen molar-refractivity contribution in [3.8, 4) is 11.5 Å². The number of nitrogens with zero attached hydrogens (tertiary/aromatic N) is 1. The van der Waals surface area contributed by atoms with Crippen LogP contribution in [-0.2, 0) is 19.1 Å². The summed E-state index contributed by atoms with van der Waals surface area (Å²) in [4.78, 5) is 35.8. The van der Waals surface area contributed by atoms with Crippen molar-refractivity contribution in [2.75, 3.05) is 32.2 Å². The number of aryl methyl sites for hydroxylation is 1. The lowest BCUT2D eigenvalue weighted by Gasteiger charge is -2.12. The van der Waals surface area contributed by atoms with Crippen molar-refractivity contribution in [3.05, 3.63) is 53.6 Å². The summed E-state index contributed by atoms with van der Waals surface area (Å²) in [6.45, 7) is 2.70. The summed E-state index contributed by atoms with van der Waals surface area (Å²) < 4.78 is 16.3. The summed E-state index contributed by atoms with van der Waals surface area (Å²) in [5.74, 6) is -1.21. The molecule has 180 valence electrons. The molecule has 0 bridgehead atoms. The number of anilines is 1. The van der Waals surface area contributed by atoms with Gasteiger partial charge in [0.2, 0.25) is 0 Å². The minimum atomic E-state index is -0.874. The summed E-state index contributed by atoms with van der Waals surface area (Å²) in [6.07, 6.45) is 3.12. The van der Waals surface area contributed by atoms with Crippen LogP contribution in [0.15, 0.2) is 47.6 Å². The Morgan fingerprint density at radius 3 is 2.74 bits per heavy atom. The third-order valence-corrected chi connectivity index (χ3v) is 4.95. The molecule has 10 heteroatoms. The van der Waals surface area contributed by atoms with Gasteiger partial charge >= 0.3 is 11.8 Å². The maximum Gasteiger partial charge on any atom is 0.329 e. The molecule has 0 spiro atoms. The highest BCUT2D eigenvalue weighted by Crippen LogP contribution is 2.27. The van der Waals surface area contributed by atoms with Crippen LogP contribution in [0.1, 0.15) is 24.0 Å². The van der Waals surface area contributed by atoms with Crippen molar-refractivity contribution in [3.63, 3.8) is 0 Å². The van der Waals surface area contributed by atoms with Gasteiger partial charge in [0, 0.05) is 18.8 Å². The highest BCUT2D eigenvalue weighted by molar-refractivity contribution is 6.35. The van der Waals surface area contributed by atoms with Crippen molar-refractivity contribution in [1.29, 1.82) is 0 Å². The van der Waals surface area contributed by atoms with Gasteiger partial charge in [-0.25, -0.2) is 5.43 Å². The van der Waals surface area contributed by atoms with Crippen LogP contribution in [0.4, 0.5) is 5.69 Å². The molecule has 1 saturated heterocycles. The molecular formula is C24H28N4O6. The summed E-state index contributed by atoms with van der Waals surface area (Å²) in [6, 6.07) is 12.4. The Balaban J connectivity index is 1.47. The minimum absolute atomic E-state index is 0.0536. The largest absolute Gasteiger partial charge is 0.493 e. The zero-order valence-corrected chi connectivity index (χ0v) is 19.1. The number of methoxy groups -OCH3 is 1. The molecule has 10 nitrogen and oxygen atoms in total. The summed E-state index contributed by atoms with van der Waals surface area (Å²) in [5, 5.41) is 9.09. The van der Waals surface area contributed by atoms with E-state index in [1.807, 2.05) is 25.1 Å². The number of carbonyl (C=O) groups excluding carboxylic acids is 3. The average molecular weight is 469 g/mol. The fraction of sp³-hybridized carbons (Fsp3) is 0.333. The molecule has 0 aliphatic carbocycles. The molecule has 1 aliphatic heterocycles. The molecule has 1 atom stereocenters. The normalized spacial score (nSPS) is 15.1. The number of rotatable bonds is 9. The Hall–Kier alpha value is -3.92. The first kappa shape index (κ1) is 24.7. The number of hydrogen-bond donors (Lipinski definition) is 3. The maximum absolute atomic E-state index is 12.2. The number of nitrogens with one attached hydrogen (secondary N) is 3. The Morgan fingerprint density at radius 1 is 1.15 bits per heavy atom. The fourth-order valence-electron chi connectivity index (χ4n) is 3.26. The molecule has 2 aromatic rings. The molecule has 3 amide bonds. The second-order valence-corrected chi connectivity index (χ2v) is 7.66. The molecule has 34 heavy (non-hydrogen) atoms. The topological polar surface area (TPSA) is 127 Å². The number of hydrazone groups is 1. The number of benzene rings is 2. The first-order valence-electron chi connectivity index (χ1n) is 10.8. The van der Waals surface area contributed by atoms with Gasteiger partial charge in [-0.15, -0.1) is 0 Å². The third-order valence-electron chi connectivity index (χ3n) is 4.95. The van der Waals surface area contributed by atoms with Gasteiger partial charge in [-0.05, 0) is 61.2 Å². The van der Waals surface area contributed by atoms with E-state index in [1.54, 1.807) is 24.3 Å². The minimum Gasteiger partial charge on any atom is -0.493 e. The van der Waals surface area contributed by atoms with E-state index < -0.39 is 11.8 Å². The molecule has 0 aromatic heterocycles. The van der Waals surface area contributed by atoms with Gasteiger partial charge in [-0.3, -0.25) is 14.4 Å². The van der Waals surface area contributed by atoms with Crippen LogP contribution in [0.2, 0.25) is 0 Å². The van der Waals surface area contributed by atoms with E-state index in [0.29, 0.717) is 29.4 Å². The molecule has 1 fully saturated rings. The first-order valence-corrected chi connectivity index (χ1v) is 10.8. The molecule has 1 aliphatic rings. The second-order valence-electron chi connectivity index (χ2n) is 7.66. The molecule has 3 N–H and O–H groups in total. The monoisotopic (exact) mass is 468 g/mol. The third kappa shape index (κ3) is 7.59. The quantitative estimate of drug-likeness (QED) is 0.292. The zero-order valence-electron chi connectivity index (χ0n) is 19.1. The van der Waals surface area contributed by atoms with Crippen LogP contribution in [0.3, 0.4) is 0 Å². The van der Waals surface area contributed by atoms with Crippen molar-refractivity contribution in [1.82, 2.24) is 10.7 Å². The predicted molar refractivity (Wildman–Crippen MR) is 126 cm³/mol. The lowest BCUT2D eigenvalue weighted by Crippen LogP contribution is -2.41. The molecule has 0 unspecified atom stereocenters. The van der Waals surface area contributed by atoms with Gasteiger partial charge in [0.15, 0.2) is 18.1 Å². The average Bonchev–Trinajstić information content (AvgIpc) is 3.35. The van der Waals surface area contributed by atoms with Gasteiger partial charge in [0.1, 0.15) is 0 Å². The van der Waals surface area contributed by atoms with Crippen molar-refractivity contribution >= 4 is 29.6 Å². The highest BCUT2D eigenvalue weighted by atomic mass is 16.5. The molecule has 0 saturated carbocycles. The molecule has 0 radical (unpaired) electrons. The van der Waals surface area contributed by atoms with Crippen LogP contribution in [0.5, 0.6) is 11.5 Å². The van der Waals surface area contributed by atoms with Crippen molar-refractivity contribution in [2.45, 2.75) is 25.9 Å². The predicted octanol–water partition coefficient (Wildman–Crippen LogP) is 1.77. The van der Waals surface area contributed by atoms with Gasteiger partial charge < -0.3 is 24.8 Å². The van der Waals surface area contributed by atoms with E-state index >= 15 is 0 Å². The van der Waals surface area contributed by atoms with Crippen LogP contribution < -0.4 is 25.5 Å². The summed E-state index contributed by atoms with van der Waals surface area (Å²) in [5.41, 5.74) is 4.49. The zero-order chi connectivity index (χ0) is 24.3. The van der Waals surface area contributed by atoms with Gasteiger partial charge in [-0.1, -0.05) is 12.1 Å². The maximum atomic E-state index is 12.2. The standard InChI is InChI=1S/C24H28N4O6/c1-16-5-3-6-18(11-16)27-22(29)15-34-20-9-8-17(12-21(20)32-2)13-26-28-24(31)23(30)25-14-19-7-4-10-33-19/h3,5-6,8-9,11-13,19H,4,7,10,14-15H2,1-2H3,(H,25,30)(H,27,29)(H,28,31)/b26-13-/t19-/m0/s1. The smallest absolute Gasteiger partial charge is 0.329 e. The van der Waals surface area contributed by atoms with Crippen molar-refractivity contribution < 1.29 is 28.6 Å². The van der Waals surface area contributed by atoms with E-state index in [1.165, 1.54) is 13.3 Å². The van der Waals surface area contributed by atoms with Crippen LogP contribution in [-0.4, -0.2) is 56.9 Å². The Kier molecular flexibility index (Phi) is 8.98. The second kappa shape index (κ2) is 12.4. The van der Waals surface area contributed by atoms with E-state index in [4.69, 9.17) is 14.2 Å². The van der Waals surface area contributed by atoms with Crippen LogP contribution >= 0.6 is 0 Å². The molecular weight excluding hydrogens is 440 g/mol. The Labute approximate surface area is 197 Å². The number of amides is 3. The summed E-state index contributed by atoms with van der Waals surface area (Å²) in [7, 11) is 1.47. The highest BCUT2D eigenvalue weighted by Gasteiger charge is 2.19. The molecule has 3 rings (SSSR count). The van der Waals surface area contributed by atoms with Gasteiger partial charge in [0.25, 0.3) is 5.91 Å². The van der Waals surface area contributed by atoms with E-state index in [0.717, 1.165) is 18.4 Å². The van der Waals surface area contributed by atoms with Gasteiger partial charge in [-0.2, -0.15) is 5.10 Å². The number of carbonyl (C=O) groups is 3. The first-order chi connectivity index (χ1) is 16.4. The fourth-order valence-corrected chi connectivity index (χ4v) is 3.26. The molecule has 2 aromatic carbocycles.